The molecule has 2 N–H and O–H groups in total. The number of nitrogens with zero attached hydrogens (tertiary/aromatic N) is 2. The van der Waals surface area contributed by atoms with Crippen molar-refractivity contribution < 1.29 is 0 Å². The minimum atomic E-state index is 0.122. The molecule has 0 amide bonds. The minimum absolute atomic E-state index is 0.122. The molecule has 1 aromatic heterocycles. The topological polar surface area (TPSA) is 51.8 Å². The summed E-state index contributed by atoms with van der Waals surface area (Å²) in [6, 6.07) is 8.63. The van der Waals surface area contributed by atoms with Gasteiger partial charge in [0.15, 0.2) is 0 Å². The summed E-state index contributed by atoms with van der Waals surface area (Å²) < 4.78 is 0. The van der Waals surface area contributed by atoms with Gasteiger partial charge in [-0.05, 0) is 31.7 Å². The number of nitrogens with two attached hydrogens (primary N) is 1. The van der Waals surface area contributed by atoms with Gasteiger partial charge in [-0.1, -0.05) is 29.8 Å². The lowest BCUT2D eigenvalue weighted by atomic mass is 9.93. The second kappa shape index (κ2) is 5.10. The summed E-state index contributed by atoms with van der Waals surface area (Å²) in [5.41, 5.74) is 10.9. The fourth-order valence-electron chi connectivity index (χ4n) is 2.71. The molecule has 0 radical (unpaired) electrons. The van der Waals surface area contributed by atoms with Crippen LogP contribution in [0.3, 0.4) is 0 Å². The second-order valence-electron chi connectivity index (χ2n) is 5.35. The van der Waals surface area contributed by atoms with Gasteiger partial charge in [0.25, 0.3) is 0 Å². The lowest BCUT2D eigenvalue weighted by Crippen LogP contribution is -2.19. The zero-order valence-corrected chi connectivity index (χ0v) is 11.3. The van der Waals surface area contributed by atoms with Crippen LogP contribution in [0.1, 0.15) is 47.1 Å². The zero-order valence-electron chi connectivity index (χ0n) is 11.3. The monoisotopic (exact) mass is 253 g/mol. The summed E-state index contributed by atoms with van der Waals surface area (Å²) >= 11 is 0. The summed E-state index contributed by atoms with van der Waals surface area (Å²) in [7, 11) is 0. The maximum absolute atomic E-state index is 6.09. The van der Waals surface area contributed by atoms with Crippen LogP contribution in [0.4, 0.5) is 0 Å². The third kappa shape index (κ3) is 2.66. The molecule has 1 aromatic carbocycles. The van der Waals surface area contributed by atoms with Gasteiger partial charge in [-0.15, -0.1) is 0 Å². The molecule has 0 spiro atoms. The molecule has 0 saturated heterocycles. The molecular weight excluding hydrogens is 234 g/mol. The quantitative estimate of drug-likeness (QED) is 0.895. The van der Waals surface area contributed by atoms with Crippen molar-refractivity contribution in [3.63, 3.8) is 0 Å². The molecule has 3 heteroatoms. The van der Waals surface area contributed by atoms with Gasteiger partial charge in [0.05, 0.1) is 0 Å². The number of hydrogen-bond donors (Lipinski definition) is 1. The largest absolute Gasteiger partial charge is 0.324 e. The molecule has 1 unspecified atom stereocenters. The van der Waals surface area contributed by atoms with Crippen molar-refractivity contribution in [2.24, 2.45) is 5.73 Å². The third-order valence-corrected chi connectivity index (χ3v) is 3.72. The molecule has 3 rings (SSSR count). The van der Waals surface area contributed by atoms with Crippen LogP contribution in [-0.4, -0.2) is 9.97 Å². The van der Waals surface area contributed by atoms with E-state index in [2.05, 4.69) is 36.2 Å². The van der Waals surface area contributed by atoms with E-state index in [-0.39, 0.29) is 6.04 Å². The molecule has 0 aliphatic heterocycles. The maximum atomic E-state index is 6.09. The third-order valence-electron chi connectivity index (χ3n) is 3.72. The smallest absolute Gasteiger partial charge is 0.132 e. The molecule has 1 aliphatic carbocycles. The highest BCUT2D eigenvalue weighted by Gasteiger charge is 2.18. The highest BCUT2D eigenvalue weighted by Crippen LogP contribution is 2.26. The lowest BCUT2D eigenvalue weighted by Gasteiger charge is -2.21. The molecule has 1 heterocycles. The van der Waals surface area contributed by atoms with Crippen molar-refractivity contribution in [1.29, 1.82) is 0 Å². The van der Waals surface area contributed by atoms with E-state index in [1.54, 1.807) is 0 Å². The van der Waals surface area contributed by atoms with Crippen LogP contribution in [0.5, 0.6) is 0 Å². The number of hydrogen-bond acceptors (Lipinski definition) is 3. The Kier molecular flexibility index (Phi) is 3.30. The lowest BCUT2D eigenvalue weighted by molar-refractivity contribution is 0.553. The fourth-order valence-corrected chi connectivity index (χ4v) is 2.71. The van der Waals surface area contributed by atoms with E-state index in [1.807, 2.05) is 6.20 Å². The Morgan fingerprint density at radius 2 is 2.26 bits per heavy atom. The predicted molar refractivity (Wildman–Crippen MR) is 75.9 cm³/mol. The predicted octanol–water partition coefficient (Wildman–Crippen LogP) is 2.71. The van der Waals surface area contributed by atoms with Crippen LogP contribution in [0.25, 0.3) is 0 Å². The van der Waals surface area contributed by atoms with E-state index in [9.17, 15) is 0 Å². The Morgan fingerprint density at radius 3 is 3.11 bits per heavy atom. The van der Waals surface area contributed by atoms with Gasteiger partial charge >= 0.3 is 0 Å². The average molecular weight is 253 g/mol. The Morgan fingerprint density at radius 1 is 1.37 bits per heavy atom. The molecule has 19 heavy (non-hydrogen) atoms. The Bertz CT molecular complexity index is 592. The van der Waals surface area contributed by atoms with Crippen molar-refractivity contribution in [2.45, 2.75) is 38.6 Å². The van der Waals surface area contributed by atoms with Crippen molar-refractivity contribution in [1.82, 2.24) is 9.97 Å². The van der Waals surface area contributed by atoms with Gasteiger partial charge < -0.3 is 5.73 Å². The molecule has 3 nitrogen and oxygen atoms in total. The summed E-state index contributed by atoms with van der Waals surface area (Å²) in [5.74, 6) is 0.901. The zero-order chi connectivity index (χ0) is 13.2. The van der Waals surface area contributed by atoms with E-state index < -0.39 is 0 Å². The number of fused-ring (bicyclic) bond motifs is 1. The van der Waals surface area contributed by atoms with Crippen molar-refractivity contribution >= 4 is 0 Å². The Labute approximate surface area is 113 Å². The van der Waals surface area contributed by atoms with Crippen LogP contribution >= 0.6 is 0 Å². The summed E-state index contributed by atoms with van der Waals surface area (Å²) in [6.45, 7) is 2.11. The molecule has 0 fully saturated rings. The van der Waals surface area contributed by atoms with Crippen LogP contribution < -0.4 is 5.73 Å². The van der Waals surface area contributed by atoms with Crippen LogP contribution in [0, 0.1) is 6.92 Å². The van der Waals surface area contributed by atoms with Crippen LogP contribution in [0.15, 0.2) is 30.5 Å². The van der Waals surface area contributed by atoms with E-state index in [1.165, 1.54) is 11.1 Å². The molecule has 1 aliphatic rings. The van der Waals surface area contributed by atoms with Gasteiger partial charge in [0.1, 0.15) is 5.82 Å². The van der Waals surface area contributed by atoms with Crippen molar-refractivity contribution in [2.75, 3.05) is 0 Å². The van der Waals surface area contributed by atoms with Crippen LogP contribution in [-0.2, 0) is 12.8 Å². The molecular formula is C16H19N3. The van der Waals surface area contributed by atoms with Gasteiger partial charge in [-0.2, -0.15) is 0 Å². The average Bonchev–Trinajstić information content (AvgIpc) is 2.39. The van der Waals surface area contributed by atoms with Gasteiger partial charge in [-0.25, -0.2) is 9.97 Å². The van der Waals surface area contributed by atoms with Crippen molar-refractivity contribution in [3.8, 4) is 0 Å². The van der Waals surface area contributed by atoms with Gasteiger partial charge in [-0.3, -0.25) is 0 Å². The minimum Gasteiger partial charge on any atom is -0.324 e. The molecule has 1 atom stereocenters. The second-order valence-corrected chi connectivity index (χ2v) is 5.35. The Hall–Kier alpha value is -1.74. The summed E-state index contributed by atoms with van der Waals surface area (Å²) in [4.78, 5) is 9.17. The van der Waals surface area contributed by atoms with Gasteiger partial charge in [0.2, 0.25) is 0 Å². The molecule has 0 bridgehead atoms. The number of benzene rings is 1. The first-order valence-electron chi connectivity index (χ1n) is 6.88. The highest BCUT2D eigenvalue weighted by molar-refractivity contribution is 5.28. The SMILES string of the molecule is Cc1cccc(Cc2ncc3c(n2)CCCC3N)c1. The molecule has 98 valence electrons. The van der Waals surface area contributed by atoms with Crippen LogP contribution in [0.2, 0.25) is 0 Å². The van der Waals surface area contributed by atoms with E-state index in [0.29, 0.717) is 0 Å². The van der Waals surface area contributed by atoms with E-state index >= 15 is 0 Å². The van der Waals surface area contributed by atoms with Crippen molar-refractivity contribution in [3.05, 3.63) is 58.7 Å². The first-order valence-corrected chi connectivity index (χ1v) is 6.88. The summed E-state index contributed by atoms with van der Waals surface area (Å²) in [5, 5.41) is 0. The first kappa shape index (κ1) is 12.3. The summed E-state index contributed by atoms with van der Waals surface area (Å²) in [6.07, 6.45) is 5.94. The fraction of sp³-hybridized carbons (Fsp3) is 0.375. The van der Waals surface area contributed by atoms with E-state index in [0.717, 1.165) is 42.8 Å². The first-order chi connectivity index (χ1) is 9.22. The normalized spacial score (nSPS) is 18.1. The number of aromatic nitrogens is 2. The molecule has 2 aromatic rings. The number of rotatable bonds is 2. The van der Waals surface area contributed by atoms with E-state index in [4.69, 9.17) is 10.7 Å². The standard InChI is InChI=1S/C16H19N3/c1-11-4-2-5-12(8-11)9-16-18-10-13-14(17)6-3-7-15(13)19-16/h2,4-5,8,10,14H,3,6-7,9,17H2,1H3. The maximum Gasteiger partial charge on any atom is 0.132 e. The molecule has 0 saturated carbocycles. The Balaban J connectivity index is 1.86. The number of aryl methyl sites for hydroxylation is 2. The van der Waals surface area contributed by atoms with Gasteiger partial charge in [0, 0.05) is 29.9 Å². The highest BCUT2D eigenvalue weighted by atomic mass is 14.9.